The lowest BCUT2D eigenvalue weighted by Gasteiger charge is -2.15. The first-order valence-corrected chi connectivity index (χ1v) is 8.71. The molecule has 1 unspecified atom stereocenters. The Morgan fingerprint density at radius 2 is 2.11 bits per heavy atom. The first-order valence-electron chi connectivity index (χ1n) is 5.91. The number of hydrogen-bond acceptors (Lipinski definition) is 2. The molecule has 0 radical (unpaired) electrons. The maximum Gasteiger partial charge on any atom is 0.0797 e. The summed E-state index contributed by atoms with van der Waals surface area (Å²) in [6, 6.07) is 8.48. The fourth-order valence-corrected chi connectivity index (χ4v) is 4.07. The molecule has 0 amide bonds. The van der Waals surface area contributed by atoms with Crippen molar-refractivity contribution in [2.45, 2.75) is 25.7 Å². The van der Waals surface area contributed by atoms with Crippen LogP contribution in [-0.2, 0) is 6.42 Å². The SMILES string of the molecule is Cc1ncsc1CCC(CBr)c1ccccc1Br. The minimum absolute atomic E-state index is 0.544. The average Bonchev–Trinajstić information content (AvgIpc) is 2.78. The van der Waals surface area contributed by atoms with E-state index in [9.17, 15) is 0 Å². The molecule has 0 saturated carbocycles. The fourth-order valence-electron chi connectivity index (χ4n) is 1.99. The second kappa shape index (κ2) is 6.83. The van der Waals surface area contributed by atoms with Crippen molar-refractivity contribution in [2.24, 2.45) is 0 Å². The molecule has 2 aromatic rings. The predicted molar refractivity (Wildman–Crippen MR) is 85.8 cm³/mol. The predicted octanol–water partition coefficient (Wildman–Crippen LogP) is 5.33. The Hall–Kier alpha value is -0.190. The molecule has 0 aliphatic heterocycles. The summed E-state index contributed by atoms with van der Waals surface area (Å²) in [4.78, 5) is 5.72. The average molecular weight is 389 g/mol. The van der Waals surface area contributed by atoms with E-state index in [0.29, 0.717) is 5.92 Å². The number of aryl methyl sites for hydroxylation is 2. The summed E-state index contributed by atoms with van der Waals surface area (Å²) < 4.78 is 1.20. The number of rotatable bonds is 5. The number of benzene rings is 1. The van der Waals surface area contributed by atoms with Crippen molar-refractivity contribution in [1.29, 1.82) is 0 Å². The van der Waals surface area contributed by atoms with Crippen LogP contribution in [0.2, 0.25) is 0 Å². The van der Waals surface area contributed by atoms with Gasteiger partial charge in [-0.3, -0.25) is 0 Å². The Kier molecular flexibility index (Phi) is 5.39. The molecular formula is C14H15Br2NS. The van der Waals surface area contributed by atoms with Crippen LogP contribution >= 0.6 is 43.2 Å². The molecular weight excluding hydrogens is 374 g/mol. The van der Waals surface area contributed by atoms with Crippen molar-refractivity contribution in [3.8, 4) is 0 Å². The smallest absolute Gasteiger partial charge is 0.0797 e. The molecule has 1 nitrogen and oxygen atoms in total. The summed E-state index contributed by atoms with van der Waals surface area (Å²) in [5, 5.41) is 0.994. The molecule has 18 heavy (non-hydrogen) atoms. The third kappa shape index (κ3) is 3.43. The highest BCUT2D eigenvalue weighted by Gasteiger charge is 2.14. The number of nitrogens with zero attached hydrogens (tertiary/aromatic N) is 1. The van der Waals surface area contributed by atoms with E-state index in [1.54, 1.807) is 11.3 Å². The van der Waals surface area contributed by atoms with Crippen molar-refractivity contribution in [3.05, 3.63) is 50.4 Å². The van der Waals surface area contributed by atoms with Gasteiger partial charge in [-0.05, 0) is 37.3 Å². The van der Waals surface area contributed by atoms with E-state index in [1.807, 2.05) is 5.51 Å². The van der Waals surface area contributed by atoms with Crippen LogP contribution in [0.3, 0.4) is 0 Å². The van der Waals surface area contributed by atoms with Gasteiger partial charge in [0.25, 0.3) is 0 Å². The minimum Gasteiger partial charge on any atom is -0.250 e. The quantitative estimate of drug-likeness (QED) is 0.631. The summed E-state index contributed by atoms with van der Waals surface area (Å²) in [6.07, 6.45) is 2.25. The van der Waals surface area contributed by atoms with Gasteiger partial charge in [-0.25, -0.2) is 4.98 Å². The zero-order valence-corrected chi connectivity index (χ0v) is 14.2. The minimum atomic E-state index is 0.544. The third-order valence-corrected chi connectivity index (χ3v) is 5.59. The summed E-state index contributed by atoms with van der Waals surface area (Å²) >= 11 is 9.04. The van der Waals surface area contributed by atoms with Gasteiger partial charge in [-0.1, -0.05) is 50.1 Å². The van der Waals surface area contributed by atoms with Crippen LogP contribution in [0.5, 0.6) is 0 Å². The largest absolute Gasteiger partial charge is 0.250 e. The maximum atomic E-state index is 4.31. The summed E-state index contributed by atoms with van der Waals surface area (Å²) in [7, 11) is 0. The van der Waals surface area contributed by atoms with Gasteiger partial charge < -0.3 is 0 Å². The number of aromatic nitrogens is 1. The van der Waals surface area contributed by atoms with E-state index >= 15 is 0 Å². The van der Waals surface area contributed by atoms with E-state index in [4.69, 9.17) is 0 Å². The molecule has 1 aromatic heterocycles. The molecule has 1 atom stereocenters. The number of halogens is 2. The molecule has 0 aliphatic rings. The normalized spacial score (nSPS) is 12.6. The van der Waals surface area contributed by atoms with Gasteiger partial charge in [0.15, 0.2) is 0 Å². The van der Waals surface area contributed by atoms with E-state index in [1.165, 1.54) is 20.6 Å². The number of thiazole rings is 1. The van der Waals surface area contributed by atoms with Gasteiger partial charge in [0.2, 0.25) is 0 Å². The van der Waals surface area contributed by atoms with Gasteiger partial charge in [-0.2, -0.15) is 0 Å². The standard InChI is InChI=1S/C14H15Br2NS/c1-10-14(18-9-17-10)7-6-11(8-15)12-4-2-3-5-13(12)16/h2-5,9,11H,6-8H2,1H3. The van der Waals surface area contributed by atoms with Crippen molar-refractivity contribution in [2.75, 3.05) is 5.33 Å². The Morgan fingerprint density at radius 3 is 2.72 bits per heavy atom. The first-order chi connectivity index (χ1) is 8.72. The molecule has 0 spiro atoms. The van der Waals surface area contributed by atoms with Crippen molar-refractivity contribution < 1.29 is 0 Å². The highest BCUT2D eigenvalue weighted by Crippen LogP contribution is 2.30. The zero-order chi connectivity index (χ0) is 13.0. The Morgan fingerprint density at radius 1 is 1.33 bits per heavy atom. The van der Waals surface area contributed by atoms with Crippen LogP contribution < -0.4 is 0 Å². The van der Waals surface area contributed by atoms with Crippen LogP contribution in [0.1, 0.15) is 28.5 Å². The van der Waals surface area contributed by atoms with Crippen molar-refractivity contribution >= 4 is 43.2 Å². The van der Waals surface area contributed by atoms with Crippen LogP contribution in [0, 0.1) is 6.92 Å². The van der Waals surface area contributed by atoms with Crippen LogP contribution in [0.25, 0.3) is 0 Å². The van der Waals surface area contributed by atoms with E-state index in [2.05, 4.69) is 68.0 Å². The molecule has 1 aromatic carbocycles. The highest BCUT2D eigenvalue weighted by atomic mass is 79.9. The Balaban J connectivity index is 2.07. The third-order valence-electron chi connectivity index (χ3n) is 3.10. The van der Waals surface area contributed by atoms with Gasteiger partial charge in [-0.15, -0.1) is 11.3 Å². The fraction of sp³-hybridized carbons (Fsp3) is 0.357. The first kappa shape index (κ1) is 14.2. The molecule has 0 bridgehead atoms. The van der Waals surface area contributed by atoms with Gasteiger partial charge >= 0.3 is 0 Å². The Bertz CT molecular complexity index is 510. The number of alkyl halides is 1. The van der Waals surface area contributed by atoms with Crippen LogP contribution in [-0.4, -0.2) is 10.3 Å². The van der Waals surface area contributed by atoms with Crippen molar-refractivity contribution in [1.82, 2.24) is 4.98 Å². The molecule has 0 fully saturated rings. The van der Waals surface area contributed by atoms with E-state index in [0.717, 1.165) is 18.2 Å². The lowest BCUT2D eigenvalue weighted by atomic mass is 9.96. The maximum absolute atomic E-state index is 4.31. The second-order valence-corrected chi connectivity index (χ2v) is 6.71. The lowest BCUT2D eigenvalue weighted by Crippen LogP contribution is -2.03. The van der Waals surface area contributed by atoms with Crippen LogP contribution in [0.15, 0.2) is 34.2 Å². The molecule has 0 saturated heterocycles. The molecule has 0 N–H and O–H groups in total. The summed E-state index contributed by atoms with van der Waals surface area (Å²) in [5.41, 5.74) is 4.50. The Labute approximate surface area is 129 Å². The molecule has 4 heteroatoms. The monoisotopic (exact) mass is 387 g/mol. The van der Waals surface area contributed by atoms with Crippen molar-refractivity contribution in [3.63, 3.8) is 0 Å². The second-order valence-electron chi connectivity index (χ2n) is 4.27. The highest BCUT2D eigenvalue weighted by molar-refractivity contribution is 9.10. The molecule has 1 heterocycles. The van der Waals surface area contributed by atoms with E-state index < -0.39 is 0 Å². The summed E-state index contributed by atoms with van der Waals surface area (Å²) in [6.45, 7) is 2.09. The van der Waals surface area contributed by atoms with Gasteiger partial charge in [0.05, 0.1) is 11.2 Å². The lowest BCUT2D eigenvalue weighted by molar-refractivity contribution is 0.692. The molecule has 0 aliphatic carbocycles. The van der Waals surface area contributed by atoms with Crippen LogP contribution in [0.4, 0.5) is 0 Å². The zero-order valence-electron chi connectivity index (χ0n) is 10.2. The molecule has 96 valence electrons. The van der Waals surface area contributed by atoms with Gasteiger partial charge in [0.1, 0.15) is 0 Å². The van der Waals surface area contributed by atoms with Gasteiger partial charge in [0, 0.05) is 14.7 Å². The molecule has 2 rings (SSSR count). The van der Waals surface area contributed by atoms with E-state index in [-0.39, 0.29) is 0 Å². The summed E-state index contributed by atoms with van der Waals surface area (Å²) in [5.74, 6) is 0.544. The topological polar surface area (TPSA) is 12.9 Å². The number of hydrogen-bond donors (Lipinski definition) is 0.